The van der Waals surface area contributed by atoms with Gasteiger partial charge in [-0.05, 0) is 25.0 Å². The van der Waals surface area contributed by atoms with Gasteiger partial charge in [0.2, 0.25) is 0 Å². The molecule has 3 N–H and O–H groups in total. The minimum absolute atomic E-state index is 0.00828. The molecule has 1 saturated carbocycles. The summed E-state index contributed by atoms with van der Waals surface area (Å²) in [5.74, 6) is -0.572. The highest BCUT2D eigenvalue weighted by atomic mass is 16.3. The second-order valence-electron chi connectivity index (χ2n) is 4.66. The van der Waals surface area contributed by atoms with Crippen LogP contribution in [0, 0.1) is 0 Å². The number of aromatic nitrogens is 1. The molecule has 2 unspecified atom stereocenters. The number of rotatable bonds is 2. The van der Waals surface area contributed by atoms with Crippen molar-refractivity contribution in [2.24, 2.45) is 0 Å². The van der Waals surface area contributed by atoms with E-state index in [0.29, 0.717) is 6.42 Å². The van der Waals surface area contributed by atoms with Gasteiger partial charge in [-0.15, -0.1) is 0 Å². The standard InChI is InChI=1S/C13H18N2O3/c16-10-6-3-1-2-5-9(10)15-13(18)12-11(17)7-4-8-14-12/h4,7-10,16-17H,1-3,5-6H2,(H,15,18). The van der Waals surface area contributed by atoms with Crippen molar-refractivity contribution in [2.45, 2.75) is 44.2 Å². The average molecular weight is 250 g/mol. The van der Waals surface area contributed by atoms with E-state index < -0.39 is 12.0 Å². The lowest BCUT2D eigenvalue weighted by atomic mass is 10.1. The Kier molecular flexibility index (Phi) is 4.15. The molecule has 1 amide bonds. The molecule has 1 aromatic heterocycles. The highest BCUT2D eigenvalue weighted by Crippen LogP contribution is 2.19. The van der Waals surface area contributed by atoms with Crippen LogP contribution in [-0.2, 0) is 0 Å². The molecule has 5 heteroatoms. The average Bonchev–Trinajstić information content (AvgIpc) is 2.55. The van der Waals surface area contributed by atoms with Crippen LogP contribution in [0.5, 0.6) is 5.75 Å². The summed E-state index contributed by atoms with van der Waals surface area (Å²) in [7, 11) is 0. The third kappa shape index (κ3) is 2.98. The number of nitrogens with zero attached hydrogens (tertiary/aromatic N) is 1. The Morgan fingerprint density at radius 1 is 1.33 bits per heavy atom. The molecule has 98 valence electrons. The van der Waals surface area contributed by atoms with Gasteiger partial charge in [-0.3, -0.25) is 4.79 Å². The number of carbonyl (C=O) groups excluding carboxylic acids is 1. The number of amides is 1. The highest BCUT2D eigenvalue weighted by molar-refractivity contribution is 5.94. The van der Waals surface area contributed by atoms with Gasteiger partial charge in [0.25, 0.3) is 5.91 Å². The van der Waals surface area contributed by atoms with Crippen LogP contribution in [0.4, 0.5) is 0 Å². The summed E-state index contributed by atoms with van der Waals surface area (Å²) < 4.78 is 0. The summed E-state index contributed by atoms with van der Waals surface area (Å²) in [6, 6.07) is 2.74. The predicted octanol–water partition coefficient (Wildman–Crippen LogP) is 1.21. The molecule has 0 aromatic carbocycles. The van der Waals surface area contributed by atoms with Crippen molar-refractivity contribution in [3.8, 4) is 5.75 Å². The van der Waals surface area contributed by atoms with Gasteiger partial charge in [0.05, 0.1) is 12.1 Å². The van der Waals surface area contributed by atoms with Crippen molar-refractivity contribution in [3.63, 3.8) is 0 Å². The number of aliphatic hydroxyl groups is 1. The van der Waals surface area contributed by atoms with Gasteiger partial charge in [0.1, 0.15) is 5.75 Å². The van der Waals surface area contributed by atoms with E-state index in [4.69, 9.17) is 0 Å². The zero-order valence-electron chi connectivity index (χ0n) is 10.2. The number of hydrogen-bond donors (Lipinski definition) is 3. The molecule has 0 bridgehead atoms. The van der Waals surface area contributed by atoms with Crippen LogP contribution in [-0.4, -0.2) is 33.3 Å². The van der Waals surface area contributed by atoms with Gasteiger partial charge in [-0.2, -0.15) is 0 Å². The fourth-order valence-electron chi connectivity index (χ4n) is 2.26. The van der Waals surface area contributed by atoms with Gasteiger partial charge in [0, 0.05) is 6.20 Å². The SMILES string of the molecule is O=C(NC1CCCCCC1O)c1ncccc1O. The molecule has 2 rings (SSSR count). The molecule has 2 atom stereocenters. The van der Waals surface area contributed by atoms with Crippen LogP contribution < -0.4 is 5.32 Å². The molecule has 0 radical (unpaired) electrons. The van der Waals surface area contributed by atoms with E-state index in [1.807, 2.05) is 0 Å². The topological polar surface area (TPSA) is 82.5 Å². The summed E-state index contributed by atoms with van der Waals surface area (Å²) in [5.41, 5.74) is 0.00828. The number of carbonyl (C=O) groups is 1. The largest absolute Gasteiger partial charge is 0.505 e. The molecule has 0 saturated heterocycles. The normalized spacial score (nSPS) is 24.3. The van der Waals surface area contributed by atoms with E-state index in [1.54, 1.807) is 6.07 Å². The third-order valence-corrected chi connectivity index (χ3v) is 3.30. The smallest absolute Gasteiger partial charge is 0.274 e. The molecule has 0 spiro atoms. The second-order valence-corrected chi connectivity index (χ2v) is 4.66. The van der Waals surface area contributed by atoms with Crippen LogP contribution in [0.3, 0.4) is 0 Å². The lowest BCUT2D eigenvalue weighted by Gasteiger charge is -2.21. The van der Waals surface area contributed by atoms with Crippen molar-refractivity contribution in [1.82, 2.24) is 10.3 Å². The van der Waals surface area contributed by atoms with Gasteiger partial charge < -0.3 is 15.5 Å². The first-order valence-corrected chi connectivity index (χ1v) is 6.31. The highest BCUT2D eigenvalue weighted by Gasteiger charge is 2.24. The molecule has 1 heterocycles. The van der Waals surface area contributed by atoms with Crippen LogP contribution >= 0.6 is 0 Å². The van der Waals surface area contributed by atoms with Gasteiger partial charge in [-0.25, -0.2) is 4.98 Å². The Morgan fingerprint density at radius 2 is 2.11 bits per heavy atom. The van der Waals surface area contributed by atoms with Crippen molar-refractivity contribution in [3.05, 3.63) is 24.0 Å². The van der Waals surface area contributed by atoms with Crippen LogP contribution in [0.2, 0.25) is 0 Å². The zero-order valence-corrected chi connectivity index (χ0v) is 10.2. The molecule has 1 aliphatic rings. The molecule has 5 nitrogen and oxygen atoms in total. The number of aliphatic hydroxyl groups excluding tert-OH is 1. The number of aromatic hydroxyl groups is 1. The summed E-state index contributed by atoms with van der Waals surface area (Å²) in [6.45, 7) is 0. The van der Waals surface area contributed by atoms with Crippen molar-refractivity contribution < 1.29 is 15.0 Å². The first kappa shape index (κ1) is 12.8. The summed E-state index contributed by atoms with van der Waals surface area (Å²) >= 11 is 0. The van der Waals surface area contributed by atoms with Gasteiger partial charge >= 0.3 is 0 Å². The third-order valence-electron chi connectivity index (χ3n) is 3.30. The van der Waals surface area contributed by atoms with Crippen molar-refractivity contribution >= 4 is 5.91 Å². The maximum atomic E-state index is 11.9. The second kappa shape index (κ2) is 5.82. The monoisotopic (exact) mass is 250 g/mol. The minimum atomic E-state index is -0.512. The summed E-state index contributed by atoms with van der Waals surface area (Å²) in [5, 5.41) is 22.2. The Balaban J connectivity index is 2.04. The Labute approximate surface area is 106 Å². The van der Waals surface area contributed by atoms with E-state index in [1.165, 1.54) is 12.3 Å². The number of pyridine rings is 1. The molecular formula is C13H18N2O3. The van der Waals surface area contributed by atoms with E-state index in [-0.39, 0.29) is 17.5 Å². The van der Waals surface area contributed by atoms with E-state index in [9.17, 15) is 15.0 Å². The Bertz CT molecular complexity index is 422. The van der Waals surface area contributed by atoms with Crippen LogP contribution in [0.25, 0.3) is 0 Å². The predicted molar refractivity (Wildman–Crippen MR) is 66.2 cm³/mol. The maximum absolute atomic E-state index is 11.9. The molecular weight excluding hydrogens is 232 g/mol. The molecule has 1 aromatic rings. The lowest BCUT2D eigenvalue weighted by molar-refractivity contribution is 0.0811. The van der Waals surface area contributed by atoms with Gasteiger partial charge in [-0.1, -0.05) is 19.3 Å². The maximum Gasteiger partial charge on any atom is 0.274 e. The Hall–Kier alpha value is -1.62. The first-order valence-electron chi connectivity index (χ1n) is 6.31. The van der Waals surface area contributed by atoms with Crippen molar-refractivity contribution in [1.29, 1.82) is 0 Å². The Morgan fingerprint density at radius 3 is 2.89 bits per heavy atom. The molecule has 18 heavy (non-hydrogen) atoms. The van der Waals surface area contributed by atoms with Gasteiger partial charge in [0.15, 0.2) is 5.69 Å². The minimum Gasteiger partial charge on any atom is -0.505 e. The fourth-order valence-corrected chi connectivity index (χ4v) is 2.26. The quantitative estimate of drug-likeness (QED) is 0.689. The van der Waals surface area contributed by atoms with Crippen LogP contribution in [0.15, 0.2) is 18.3 Å². The molecule has 1 aliphatic carbocycles. The summed E-state index contributed by atoms with van der Waals surface area (Å²) in [4.78, 5) is 15.8. The zero-order chi connectivity index (χ0) is 13.0. The number of nitrogens with one attached hydrogen (secondary N) is 1. The van der Waals surface area contributed by atoms with Crippen LogP contribution in [0.1, 0.15) is 42.6 Å². The first-order chi connectivity index (χ1) is 8.68. The number of hydrogen-bond acceptors (Lipinski definition) is 4. The lowest BCUT2D eigenvalue weighted by Crippen LogP contribution is -2.42. The van der Waals surface area contributed by atoms with E-state index in [2.05, 4.69) is 10.3 Å². The van der Waals surface area contributed by atoms with Crippen molar-refractivity contribution in [2.75, 3.05) is 0 Å². The van der Waals surface area contributed by atoms with E-state index in [0.717, 1.165) is 25.7 Å². The molecule has 1 fully saturated rings. The molecule has 0 aliphatic heterocycles. The van der Waals surface area contributed by atoms with E-state index >= 15 is 0 Å². The summed E-state index contributed by atoms with van der Waals surface area (Å²) in [6.07, 6.45) is 5.48. The fraction of sp³-hybridized carbons (Fsp3) is 0.538.